The molecule has 0 aliphatic rings. The predicted octanol–water partition coefficient (Wildman–Crippen LogP) is 4.95. The first kappa shape index (κ1) is 26.4. The lowest BCUT2D eigenvalue weighted by Crippen LogP contribution is -2.44. The molecule has 0 amide bonds. The van der Waals surface area contributed by atoms with Crippen LogP contribution in [0.15, 0.2) is 87.0 Å². The number of esters is 1. The molecular weight excluding hydrogens is 516 g/mol. The summed E-state index contributed by atoms with van der Waals surface area (Å²) in [5.41, 5.74) is 3.79. The number of H-pyrrole nitrogens is 1. The van der Waals surface area contributed by atoms with Gasteiger partial charge in [-0.05, 0) is 61.2 Å². The Kier molecular flexibility index (Phi) is 7.12. The average molecular weight is 545 g/mol. The molecule has 0 radical (unpaired) electrons. The number of carbonyl (C=O) groups excluding carboxylic acids is 1. The molecule has 3 aromatic carbocycles. The molecule has 2 N–H and O–H groups in total. The van der Waals surface area contributed by atoms with Crippen molar-refractivity contribution in [2.24, 2.45) is 0 Å². The zero-order chi connectivity index (χ0) is 27.7. The van der Waals surface area contributed by atoms with Gasteiger partial charge in [-0.15, -0.1) is 0 Å². The molecule has 0 aliphatic heterocycles. The van der Waals surface area contributed by atoms with Crippen LogP contribution in [0.25, 0.3) is 21.9 Å². The van der Waals surface area contributed by atoms with E-state index >= 15 is 0 Å². The smallest absolute Gasteiger partial charge is 0.336 e. The SMILES string of the molecule is CCc1cc2c(C)cc(=O)oc2cc1OC(=O)C(Cc1c[nH]c2ccccc12)NS(=O)(=O)c1ccc(C)cc1. The maximum atomic E-state index is 13.6. The molecule has 5 rings (SSSR count). The first-order chi connectivity index (χ1) is 18.6. The molecule has 9 heteroatoms. The second-order valence-corrected chi connectivity index (χ2v) is 11.2. The number of aromatic nitrogens is 1. The van der Waals surface area contributed by atoms with Crippen LogP contribution < -0.4 is 15.1 Å². The second kappa shape index (κ2) is 10.5. The van der Waals surface area contributed by atoms with Crippen LogP contribution in [0.1, 0.15) is 29.2 Å². The second-order valence-electron chi connectivity index (χ2n) is 9.53. The van der Waals surface area contributed by atoms with E-state index in [0.29, 0.717) is 6.42 Å². The zero-order valence-corrected chi connectivity index (χ0v) is 22.6. The van der Waals surface area contributed by atoms with E-state index in [1.807, 2.05) is 51.1 Å². The van der Waals surface area contributed by atoms with E-state index in [1.54, 1.807) is 18.3 Å². The summed E-state index contributed by atoms with van der Waals surface area (Å²) in [6.45, 7) is 5.58. The molecule has 2 aromatic heterocycles. The van der Waals surface area contributed by atoms with E-state index in [-0.39, 0.29) is 22.6 Å². The molecule has 0 saturated heterocycles. The molecule has 8 nitrogen and oxygen atoms in total. The van der Waals surface area contributed by atoms with Crippen LogP contribution in [0.3, 0.4) is 0 Å². The number of rotatable bonds is 8. The summed E-state index contributed by atoms with van der Waals surface area (Å²) in [6, 6.07) is 17.5. The summed E-state index contributed by atoms with van der Waals surface area (Å²) < 4.78 is 40.3. The van der Waals surface area contributed by atoms with Crippen molar-refractivity contribution >= 4 is 37.9 Å². The Morgan fingerprint density at radius 3 is 2.49 bits per heavy atom. The van der Waals surface area contributed by atoms with Crippen LogP contribution in [0.5, 0.6) is 5.75 Å². The summed E-state index contributed by atoms with van der Waals surface area (Å²) in [6.07, 6.45) is 2.35. The fraction of sp³-hybridized carbons (Fsp3) is 0.200. The topological polar surface area (TPSA) is 118 Å². The minimum atomic E-state index is -4.05. The standard InChI is InChI=1S/C30H28N2O6S/c1-4-20-14-24-19(3)13-29(33)37-28(24)16-27(20)38-30(34)26(15-21-17-31-25-8-6-5-7-23(21)25)32-39(35,36)22-11-9-18(2)10-12-22/h5-14,16-17,26,31-32H,4,15H2,1-3H3. The van der Waals surface area contributed by atoms with Gasteiger partial charge in [0, 0.05) is 41.0 Å². The lowest BCUT2D eigenvalue weighted by molar-refractivity contribution is -0.136. The molecule has 1 unspecified atom stereocenters. The molecular formula is C30H28N2O6S. The molecule has 2 heterocycles. The largest absolute Gasteiger partial charge is 0.425 e. The highest BCUT2D eigenvalue weighted by Gasteiger charge is 2.29. The number of fused-ring (bicyclic) bond motifs is 2. The molecule has 5 aromatic rings. The zero-order valence-electron chi connectivity index (χ0n) is 21.8. The van der Waals surface area contributed by atoms with Crippen molar-refractivity contribution in [1.29, 1.82) is 0 Å². The van der Waals surface area contributed by atoms with Crippen molar-refractivity contribution in [1.82, 2.24) is 9.71 Å². The number of para-hydroxylation sites is 1. The Balaban J connectivity index is 1.52. The quantitative estimate of drug-likeness (QED) is 0.162. The minimum absolute atomic E-state index is 0.0435. The summed E-state index contributed by atoms with van der Waals surface area (Å²) in [5, 5.41) is 1.61. The number of aryl methyl sites for hydroxylation is 3. The summed E-state index contributed by atoms with van der Waals surface area (Å²) in [5.74, 6) is -0.567. The van der Waals surface area contributed by atoms with Crippen molar-refractivity contribution in [3.8, 4) is 5.75 Å². The van der Waals surface area contributed by atoms with Gasteiger partial charge in [-0.3, -0.25) is 0 Å². The van der Waals surface area contributed by atoms with E-state index < -0.39 is 27.7 Å². The van der Waals surface area contributed by atoms with Crippen LogP contribution in [0.4, 0.5) is 0 Å². The van der Waals surface area contributed by atoms with E-state index in [9.17, 15) is 18.0 Å². The monoisotopic (exact) mass is 544 g/mol. The summed E-state index contributed by atoms with van der Waals surface area (Å²) in [4.78, 5) is 28.8. The predicted molar refractivity (Wildman–Crippen MR) is 150 cm³/mol. The van der Waals surface area contributed by atoms with E-state index in [0.717, 1.165) is 38.5 Å². The number of aromatic amines is 1. The normalized spacial score (nSPS) is 12.6. The van der Waals surface area contributed by atoms with E-state index in [4.69, 9.17) is 9.15 Å². The summed E-state index contributed by atoms with van der Waals surface area (Å²) >= 11 is 0. The van der Waals surface area contributed by atoms with E-state index in [1.165, 1.54) is 24.3 Å². The van der Waals surface area contributed by atoms with Gasteiger partial charge < -0.3 is 14.1 Å². The lowest BCUT2D eigenvalue weighted by atomic mass is 10.0. The molecule has 200 valence electrons. The van der Waals surface area contributed by atoms with Crippen molar-refractivity contribution < 1.29 is 22.4 Å². The molecule has 1 atom stereocenters. The minimum Gasteiger partial charge on any atom is -0.425 e. The highest BCUT2D eigenvalue weighted by Crippen LogP contribution is 2.29. The highest BCUT2D eigenvalue weighted by molar-refractivity contribution is 7.89. The van der Waals surface area contributed by atoms with Crippen LogP contribution in [0, 0.1) is 13.8 Å². The molecule has 0 saturated carbocycles. The van der Waals surface area contributed by atoms with Gasteiger partial charge in [0.2, 0.25) is 10.0 Å². The van der Waals surface area contributed by atoms with Crippen molar-refractivity contribution in [2.45, 2.75) is 44.6 Å². The molecule has 0 spiro atoms. The van der Waals surface area contributed by atoms with Gasteiger partial charge in [0.15, 0.2) is 0 Å². The van der Waals surface area contributed by atoms with Gasteiger partial charge in [-0.2, -0.15) is 4.72 Å². The Morgan fingerprint density at radius 2 is 1.74 bits per heavy atom. The Morgan fingerprint density at radius 1 is 1.00 bits per heavy atom. The van der Waals surface area contributed by atoms with Gasteiger partial charge in [0.25, 0.3) is 0 Å². The maximum Gasteiger partial charge on any atom is 0.336 e. The third kappa shape index (κ3) is 5.50. The molecule has 0 fully saturated rings. The van der Waals surface area contributed by atoms with Crippen LogP contribution in [-0.2, 0) is 27.7 Å². The van der Waals surface area contributed by atoms with Crippen molar-refractivity contribution in [3.05, 3.63) is 106 Å². The Hall–Kier alpha value is -4.21. The summed E-state index contributed by atoms with van der Waals surface area (Å²) in [7, 11) is -4.05. The van der Waals surface area contributed by atoms with Gasteiger partial charge in [0.1, 0.15) is 17.4 Å². The average Bonchev–Trinajstić information content (AvgIpc) is 3.31. The fourth-order valence-electron chi connectivity index (χ4n) is 4.61. The van der Waals surface area contributed by atoms with Crippen LogP contribution in [0.2, 0.25) is 0 Å². The number of benzene rings is 3. The van der Waals surface area contributed by atoms with E-state index in [2.05, 4.69) is 9.71 Å². The number of nitrogens with one attached hydrogen (secondary N) is 2. The van der Waals surface area contributed by atoms with Gasteiger partial charge in [-0.1, -0.05) is 42.8 Å². The van der Waals surface area contributed by atoms with Crippen molar-refractivity contribution in [2.75, 3.05) is 0 Å². The fourth-order valence-corrected chi connectivity index (χ4v) is 5.79. The third-order valence-corrected chi connectivity index (χ3v) is 8.22. The number of hydrogen-bond donors (Lipinski definition) is 2. The van der Waals surface area contributed by atoms with Crippen LogP contribution >= 0.6 is 0 Å². The first-order valence-electron chi connectivity index (χ1n) is 12.6. The highest BCUT2D eigenvalue weighted by atomic mass is 32.2. The van der Waals surface area contributed by atoms with Gasteiger partial charge >= 0.3 is 11.6 Å². The van der Waals surface area contributed by atoms with Crippen LogP contribution in [-0.4, -0.2) is 25.4 Å². The Labute approximate surface area is 225 Å². The van der Waals surface area contributed by atoms with Crippen molar-refractivity contribution in [3.63, 3.8) is 0 Å². The first-order valence-corrected chi connectivity index (χ1v) is 14.1. The number of ether oxygens (including phenoxy) is 1. The number of hydrogen-bond acceptors (Lipinski definition) is 6. The van der Waals surface area contributed by atoms with Gasteiger partial charge in [-0.25, -0.2) is 18.0 Å². The number of carbonyl (C=O) groups is 1. The molecule has 0 bridgehead atoms. The third-order valence-electron chi connectivity index (χ3n) is 6.74. The van der Waals surface area contributed by atoms with Gasteiger partial charge in [0.05, 0.1) is 4.90 Å². The lowest BCUT2D eigenvalue weighted by Gasteiger charge is -2.19. The number of sulfonamides is 1. The maximum absolute atomic E-state index is 13.6. The molecule has 0 aliphatic carbocycles. The Bertz CT molecular complexity index is 1850. The molecule has 39 heavy (non-hydrogen) atoms.